The van der Waals surface area contributed by atoms with E-state index in [9.17, 15) is 9.59 Å². The molecule has 0 aromatic heterocycles. The van der Waals surface area contributed by atoms with E-state index < -0.39 is 0 Å². The second kappa shape index (κ2) is 8.25. The summed E-state index contributed by atoms with van der Waals surface area (Å²) in [5.41, 5.74) is 2.48. The van der Waals surface area contributed by atoms with E-state index in [-0.39, 0.29) is 17.5 Å². The highest BCUT2D eigenvalue weighted by Crippen LogP contribution is 2.48. The van der Waals surface area contributed by atoms with Crippen molar-refractivity contribution in [2.45, 2.75) is 69.0 Å². The van der Waals surface area contributed by atoms with Crippen molar-refractivity contribution in [2.75, 3.05) is 45.2 Å². The van der Waals surface area contributed by atoms with Crippen molar-refractivity contribution in [3.8, 4) is 0 Å². The summed E-state index contributed by atoms with van der Waals surface area (Å²) in [5.74, 6) is 0. The van der Waals surface area contributed by atoms with Gasteiger partial charge in [-0.25, -0.2) is 9.59 Å². The van der Waals surface area contributed by atoms with Gasteiger partial charge in [0.15, 0.2) is 0 Å². The molecule has 3 saturated heterocycles. The number of anilines is 1. The number of amides is 3. The zero-order valence-corrected chi connectivity index (χ0v) is 19.6. The number of rotatable bonds is 2. The van der Waals surface area contributed by atoms with Crippen molar-refractivity contribution in [1.82, 2.24) is 14.7 Å². The molecule has 1 spiro atoms. The van der Waals surface area contributed by atoms with Crippen LogP contribution in [0, 0.1) is 0 Å². The molecule has 7 heteroatoms. The molecule has 4 aliphatic rings. The van der Waals surface area contributed by atoms with Crippen LogP contribution >= 0.6 is 0 Å². The number of piperidine rings is 2. The van der Waals surface area contributed by atoms with Crippen molar-refractivity contribution in [2.24, 2.45) is 0 Å². The molecule has 3 amide bonds. The summed E-state index contributed by atoms with van der Waals surface area (Å²) in [6.45, 7) is 5.22. The first kappa shape index (κ1) is 21.6. The van der Waals surface area contributed by atoms with E-state index in [0.29, 0.717) is 24.7 Å². The Morgan fingerprint density at radius 1 is 1.06 bits per heavy atom. The summed E-state index contributed by atoms with van der Waals surface area (Å²) in [4.78, 5) is 33.6. The van der Waals surface area contributed by atoms with Crippen molar-refractivity contribution in [3.63, 3.8) is 0 Å². The number of ether oxygens (including phenoxy) is 1. The molecule has 0 N–H and O–H groups in total. The Hall–Kier alpha value is -2.28. The summed E-state index contributed by atoms with van der Waals surface area (Å²) in [5, 5.41) is 0. The predicted octanol–water partition coefficient (Wildman–Crippen LogP) is 3.67. The normalized spacial score (nSPS) is 28.7. The standard InChI is InChI=1S/C25H36N4O3/c1-4-32-24(31)29-18-9-10-19(29)16-20(15-18)27-13-11-25(12-14-27)17-28(23(30)26(2)3)22-8-6-5-7-21(22)25/h5-8,18-20H,4,9-17H2,1-3H3. The van der Waals surface area contributed by atoms with Crippen LogP contribution in [0.5, 0.6) is 0 Å². The fourth-order valence-corrected chi connectivity index (χ4v) is 6.73. The van der Waals surface area contributed by atoms with Gasteiger partial charge in [0.05, 0.1) is 6.61 Å². The van der Waals surface area contributed by atoms with Crippen LogP contribution < -0.4 is 4.90 Å². The topological polar surface area (TPSA) is 56.3 Å². The van der Waals surface area contributed by atoms with E-state index >= 15 is 0 Å². The summed E-state index contributed by atoms with van der Waals surface area (Å²) in [7, 11) is 3.66. The number of nitrogens with zero attached hydrogens (tertiary/aromatic N) is 4. The lowest BCUT2D eigenvalue weighted by atomic mass is 9.73. The van der Waals surface area contributed by atoms with Crippen molar-refractivity contribution in [1.29, 1.82) is 0 Å². The Balaban J connectivity index is 1.27. The van der Waals surface area contributed by atoms with Crippen LogP contribution in [0.25, 0.3) is 0 Å². The van der Waals surface area contributed by atoms with Crippen LogP contribution in [0.2, 0.25) is 0 Å². The highest BCUT2D eigenvalue weighted by Gasteiger charge is 2.49. The predicted molar refractivity (Wildman–Crippen MR) is 124 cm³/mol. The third-order valence-corrected chi connectivity index (χ3v) is 8.30. The van der Waals surface area contributed by atoms with E-state index in [1.54, 1.807) is 4.90 Å². The van der Waals surface area contributed by atoms with E-state index in [1.165, 1.54) is 5.56 Å². The number of para-hydroxylation sites is 1. The number of benzene rings is 1. The number of hydrogen-bond acceptors (Lipinski definition) is 4. The molecule has 1 aromatic carbocycles. The van der Waals surface area contributed by atoms with E-state index in [0.717, 1.165) is 63.8 Å². The second-order valence-electron chi connectivity index (χ2n) is 10.2. The summed E-state index contributed by atoms with van der Waals surface area (Å²) >= 11 is 0. The van der Waals surface area contributed by atoms with Crippen LogP contribution in [0.4, 0.5) is 15.3 Å². The molecule has 7 nitrogen and oxygen atoms in total. The molecule has 2 atom stereocenters. The lowest BCUT2D eigenvalue weighted by molar-refractivity contribution is 0.0282. The number of fused-ring (bicyclic) bond motifs is 4. The summed E-state index contributed by atoms with van der Waals surface area (Å²) in [6.07, 6.45) is 6.36. The minimum atomic E-state index is -0.121. The highest BCUT2D eigenvalue weighted by molar-refractivity contribution is 5.95. The highest BCUT2D eigenvalue weighted by atomic mass is 16.6. The molecule has 2 unspecified atom stereocenters. The lowest BCUT2D eigenvalue weighted by Gasteiger charge is -2.47. The monoisotopic (exact) mass is 440 g/mol. The number of likely N-dealkylation sites (tertiary alicyclic amines) is 1. The van der Waals surface area contributed by atoms with Crippen LogP contribution in [-0.4, -0.2) is 85.3 Å². The first-order valence-electron chi connectivity index (χ1n) is 12.2. The Bertz CT molecular complexity index is 866. The van der Waals surface area contributed by atoms with Gasteiger partial charge < -0.3 is 19.4 Å². The first-order chi connectivity index (χ1) is 15.4. The van der Waals surface area contributed by atoms with E-state index in [4.69, 9.17) is 4.74 Å². The average Bonchev–Trinajstić information content (AvgIpc) is 3.25. The van der Waals surface area contributed by atoms with Crippen molar-refractivity contribution >= 4 is 17.8 Å². The van der Waals surface area contributed by atoms with Crippen LogP contribution in [0.1, 0.15) is 51.0 Å². The van der Waals surface area contributed by atoms with Gasteiger partial charge in [-0.05, 0) is 70.2 Å². The maximum atomic E-state index is 12.9. The quantitative estimate of drug-likeness (QED) is 0.704. The smallest absolute Gasteiger partial charge is 0.410 e. The lowest BCUT2D eigenvalue weighted by Crippen LogP contribution is -2.55. The van der Waals surface area contributed by atoms with Gasteiger partial charge in [0.1, 0.15) is 0 Å². The largest absolute Gasteiger partial charge is 0.450 e. The van der Waals surface area contributed by atoms with Crippen LogP contribution in [-0.2, 0) is 10.2 Å². The molecule has 4 heterocycles. The van der Waals surface area contributed by atoms with Gasteiger partial charge in [0.2, 0.25) is 0 Å². The van der Waals surface area contributed by atoms with Gasteiger partial charge in [-0.3, -0.25) is 4.90 Å². The average molecular weight is 441 g/mol. The Labute approximate surface area is 191 Å². The fourth-order valence-electron chi connectivity index (χ4n) is 6.73. The third kappa shape index (κ3) is 3.45. The molecule has 1 aromatic rings. The maximum Gasteiger partial charge on any atom is 0.410 e. The number of hydrogen-bond donors (Lipinski definition) is 0. The zero-order chi connectivity index (χ0) is 22.5. The van der Waals surface area contributed by atoms with E-state index in [1.807, 2.05) is 36.9 Å². The molecule has 0 saturated carbocycles. The minimum absolute atomic E-state index is 0.0589. The number of carbonyl (C=O) groups is 2. The number of urea groups is 1. The first-order valence-corrected chi connectivity index (χ1v) is 12.2. The van der Waals surface area contributed by atoms with Gasteiger partial charge >= 0.3 is 12.1 Å². The van der Waals surface area contributed by atoms with Crippen molar-refractivity contribution < 1.29 is 14.3 Å². The molecular formula is C25H36N4O3. The molecule has 0 aliphatic carbocycles. The molecule has 4 aliphatic heterocycles. The Kier molecular flexibility index (Phi) is 5.56. The molecule has 174 valence electrons. The van der Waals surface area contributed by atoms with Crippen LogP contribution in [0.15, 0.2) is 24.3 Å². The minimum Gasteiger partial charge on any atom is -0.450 e. The molecule has 3 fully saturated rings. The molecule has 5 rings (SSSR count). The Morgan fingerprint density at radius 3 is 2.34 bits per heavy atom. The number of carbonyl (C=O) groups excluding carboxylic acids is 2. The molecule has 32 heavy (non-hydrogen) atoms. The van der Waals surface area contributed by atoms with Gasteiger partial charge in [0, 0.05) is 49.9 Å². The molecule has 2 bridgehead atoms. The van der Waals surface area contributed by atoms with E-state index in [2.05, 4.69) is 23.1 Å². The van der Waals surface area contributed by atoms with Gasteiger partial charge in [-0.2, -0.15) is 0 Å². The van der Waals surface area contributed by atoms with Crippen LogP contribution in [0.3, 0.4) is 0 Å². The SMILES string of the molecule is CCOC(=O)N1C2CCC1CC(N1CCC3(CC1)CN(C(=O)N(C)C)c1ccccc13)C2. The molecule has 0 radical (unpaired) electrons. The zero-order valence-electron chi connectivity index (χ0n) is 19.6. The van der Waals surface area contributed by atoms with Crippen molar-refractivity contribution in [3.05, 3.63) is 29.8 Å². The van der Waals surface area contributed by atoms with Gasteiger partial charge in [0.25, 0.3) is 0 Å². The summed E-state index contributed by atoms with van der Waals surface area (Å²) in [6, 6.07) is 9.75. The second-order valence-corrected chi connectivity index (χ2v) is 10.2. The molecular weight excluding hydrogens is 404 g/mol. The fraction of sp³-hybridized carbons (Fsp3) is 0.680. The summed E-state index contributed by atoms with van der Waals surface area (Å²) < 4.78 is 5.32. The van der Waals surface area contributed by atoms with Gasteiger partial charge in [-0.1, -0.05) is 18.2 Å². The third-order valence-electron chi connectivity index (χ3n) is 8.30. The maximum absolute atomic E-state index is 12.9. The Morgan fingerprint density at radius 2 is 1.72 bits per heavy atom. The van der Waals surface area contributed by atoms with Gasteiger partial charge in [-0.15, -0.1) is 0 Å².